The number of halogens is 2. The molecule has 19 heavy (non-hydrogen) atoms. The summed E-state index contributed by atoms with van der Waals surface area (Å²) >= 11 is 12.0. The maximum atomic E-state index is 10.8. The molecule has 2 aromatic rings. The summed E-state index contributed by atoms with van der Waals surface area (Å²) in [5.41, 5.74) is 0.842. The Labute approximate surface area is 120 Å². The first-order valence-electron chi connectivity index (χ1n) is 5.47. The summed E-state index contributed by atoms with van der Waals surface area (Å²) in [6, 6.07) is 11.4. The molecule has 0 bridgehead atoms. The van der Waals surface area contributed by atoms with Crippen LogP contribution in [0.5, 0.6) is 5.75 Å². The van der Waals surface area contributed by atoms with Crippen molar-refractivity contribution in [2.45, 2.75) is 6.61 Å². The second kappa shape index (κ2) is 5.95. The van der Waals surface area contributed by atoms with Gasteiger partial charge in [0.1, 0.15) is 12.4 Å². The van der Waals surface area contributed by atoms with Gasteiger partial charge in [0.25, 0.3) is 0 Å². The molecular weight excluding hydrogens is 287 g/mol. The van der Waals surface area contributed by atoms with E-state index in [9.17, 15) is 4.79 Å². The number of hydrogen-bond donors (Lipinski definition) is 1. The Bertz CT molecular complexity index is 591. The average Bonchev–Trinajstić information content (AvgIpc) is 2.38. The molecule has 0 aliphatic rings. The largest absolute Gasteiger partial charge is 0.489 e. The normalized spacial score (nSPS) is 10.2. The number of benzene rings is 2. The van der Waals surface area contributed by atoms with E-state index in [1.165, 1.54) is 12.1 Å². The van der Waals surface area contributed by atoms with Crippen LogP contribution in [-0.4, -0.2) is 11.1 Å². The van der Waals surface area contributed by atoms with Crippen LogP contribution in [0.3, 0.4) is 0 Å². The van der Waals surface area contributed by atoms with Crippen LogP contribution in [-0.2, 0) is 6.61 Å². The highest BCUT2D eigenvalue weighted by Gasteiger charge is 2.08. The lowest BCUT2D eigenvalue weighted by Crippen LogP contribution is -2.00. The third kappa shape index (κ3) is 3.40. The van der Waals surface area contributed by atoms with Gasteiger partial charge >= 0.3 is 5.97 Å². The Hall–Kier alpha value is -1.71. The number of ether oxygens (including phenoxy) is 1. The van der Waals surface area contributed by atoms with E-state index in [4.69, 9.17) is 33.0 Å². The van der Waals surface area contributed by atoms with Gasteiger partial charge in [-0.3, -0.25) is 0 Å². The molecule has 0 fully saturated rings. The molecule has 5 heteroatoms. The van der Waals surface area contributed by atoms with Crippen molar-refractivity contribution in [1.29, 1.82) is 0 Å². The van der Waals surface area contributed by atoms with Crippen molar-refractivity contribution in [3.63, 3.8) is 0 Å². The van der Waals surface area contributed by atoms with Crippen LogP contribution < -0.4 is 4.74 Å². The minimum absolute atomic E-state index is 0.169. The summed E-state index contributed by atoms with van der Waals surface area (Å²) in [6.07, 6.45) is 0. The number of aromatic carboxylic acids is 1. The Morgan fingerprint density at radius 2 is 1.74 bits per heavy atom. The lowest BCUT2D eigenvalue weighted by atomic mass is 10.2. The van der Waals surface area contributed by atoms with Crippen LogP contribution in [0.2, 0.25) is 10.0 Å². The van der Waals surface area contributed by atoms with E-state index in [1.54, 1.807) is 30.3 Å². The minimum atomic E-state index is -0.999. The molecule has 98 valence electrons. The predicted octanol–water partition coefficient (Wildman–Crippen LogP) is 4.27. The van der Waals surface area contributed by atoms with E-state index >= 15 is 0 Å². The van der Waals surface area contributed by atoms with E-state index in [1.807, 2.05) is 0 Å². The average molecular weight is 297 g/mol. The fourth-order valence-corrected chi connectivity index (χ4v) is 2.05. The fourth-order valence-electron chi connectivity index (χ4n) is 1.54. The molecule has 0 amide bonds. The van der Waals surface area contributed by atoms with Gasteiger partial charge in [0, 0.05) is 15.6 Å². The maximum Gasteiger partial charge on any atom is 0.335 e. The summed E-state index contributed by atoms with van der Waals surface area (Å²) in [7, 11) is 0. The fraction of sp³-hybridized carbons (Fsp3) is 0.0714. The number of hydrogen-bond acceptors (Lipinski definition) is 2. The van der Waals surface area contributed by atoms with Crippen molar-refractivity contribution in [3.05, 3.63) is 63.6 Å². The Morgan fingerprint density at radius 3 is 2.37 bits per heavy atom. The van der Waals surface area contributed by atoms with Crippen LogP contribution in [0, 0.1) is 0 Å². The quantitative estimate of drug-likeness (QED) is 0.916. The molecule has 0 radical (unpaired) electrons. The highest BCUT2D eigenvalue weighted by molar-refractivity contribution is 6.35. The van der Waals surface area contributed by atoms with Gasteiger partial charge in [-0.25, -0.2) is 4.79 Å². The zero-order chi connectivity index (χ0) is 13.8. The van der Waals surface area contributed by atoms with Gasteiger partial charge in [-0.15, -0.1) is 0 Å². The third-order valence-corrected chi connectivity index (χ3v) is 3.23. The SMILES string of the molecule is O=C(O)c1cccc(OCc2c(Cl)cccc2Cl)c1. The standard InChI is InChI=1S/C14H10Cl2O3/c15-12-5-2-6-13(16)11(12)8-19-10-4-1-3-9(7-10)14(17)18/h1-7H,8H2,(H,17,18). The topological polar surface area (TPSA) is 46.5 Å². The molecule has 0 saturated heterocycles. The lowest BCUT2D eigenvalue weighted by Gasteiger charge is -2.09. The molecule has 0 heterocycles. The number of carboxylic acids is 1. The zero-order valence-corrected chi connectivity index (χ0v) is 11.3. The summed E-state index contributed by atoms with van der Waals surface area (Å²) in [6.45, 7) is 0.182. The van der Waals surface area contributed by atoms with Crippen molar-refractivity contribution in [2.75, 3.05) is 0 Å². The summed E-state index contributed by atoms with van der Waals surface area (Å²) in [4.78, 5) is 10.8. The predicted molar refractivity (Wildman–Crippen MR) is 74.2 cm³/mol. The van der Waals surface area contributed by atoms with Crippen molar-refractivity contribution in [1.82, 2.24) is 0 Å². The molecule has 0 aliphatic heterocycles. The Morgan fingerprint density at radius 1 is 1.11 bits per heavy atom. The highest BCUT2D eigenvalue weighted by atomic mass is 35.5. The van der Waals surface area contributed by atoms with Crippen LogP contribution in [0.1, 0.15) is 15.9 Å². The first-order valence-corrected chi connectivity index (χ1v) is 6.22. The lowest BCUT2D eigenvalue weighted by molar-refractivity contribution is 0.0696. The molecule has 1 N–H and O–H groups in total. The molecule has 0 atom stereocenters. The molecular formula is C14H10Cl2O3. The number of rotatable bonds is 4. The minimum Gasteiger partial charge on any atom is -0.489 e. The number of carboxylic acid groups (broad SMARTS) is 1. The van der Waals surface area contributed by atoms with Gasteiger partial charge in [0.2, 0.25) is 0 Å². The smallest absolute Gasteiger partial charge is 0.335 e. The molecule has 0 aliphatic carbocycles. The first kappa shape index (κ1) is 13.7. The van der Waals surface area contributed by atoms with Gasteiger partial charge in [-0.05, 0) is 30.3 Å². The van der Waals surface area contributed by atoms with E-state index in [2.05, 4.69) is 0 Å². The second-order valence-electron chi connectivity index (χ2n) is 3.82. The van der Waals surface area contributed by atoms with Gasteiger partial charge in [-0.2, -0.15) is 0 Å². The third-order valence-electron chi connectivity index (χ3n) is 2.53. The molecule has 2 aromatic carbocycles. The maximum absolute atomic E-state index is 10.8. The molecule has 2 rings (SSSR count). The van der Waals surface area contributed by atoms with E-state index in [-0.39, 0.29) is 12.2 Å². The van der Waals surface area contributed by atoms with Crippen molar-refractivity contribution < 1.29 is 14.6 Å². The van der Waals surface area contributed by atoms with Gasteiger partial charge in [0.15, 0.2) is 0 Å². The summed E-state index contributed by atoms with van der Waals surface area (Å²) in [5.74, 6) is -0.544. The van der Waals surface area contributed by atoms with Crippen LogP contribution in [0.15, 0.2) is 42.5 Å². The number of carbonyl (C=O) groups is 1. The van der Waals surface area contributed by atoms with Crippen molar-refractivity contribution in [2.24, 2.45) is 0 Å². The molecule has 0 aromatic heterocycles. The van der Waals surface area contributed by atoms with E-state index in [0.717, 1.165) is 0 Å². The van der Waals surface area contributed by atoms with Gasteiger partial charge in [0.05, 0.1) is 5.56 Å². The zero-order valence-electron chi connectivity index (χ0n) is 9.77. The molecule has 0 saturated carbocycles. The molecule has 0 spiro atoms. The van der Waals surface area contributed by atoms with Crippen molar-refractivity contribution >= 4 is 29.2 Å². The van der Waals surface area contributed by atoms with E-state index < -0.39 is 5.97 Å². The van der Waals surface area contributed by atoms with Gasteiger partial charge in [-0.1, -0.05) is 35.3 Å². The monoisotopic (exact) mass is 296 g/mol. The highest BCUT2D eigenvalue weighted by Crippen LogP contribution is 2.26. The van der Waals surface area contributed by atoms with Gasteiger partial charge < -0.3 is 9.84 Å². The van der Waals surface area contributed by atoms with Crippen LogP contribution in [0.4, 0.5) is 0 Å². The first-order chi connectivity index (χ1) is 9.08. The Kier molecular flexibility index (Phi) is 4.30. The molecule has 0 unspecified atom stereocenters. The van der Waals surface area contributed by atoms with Crippen LogP contribution >= 0.6 is 23.2 Å². The van der Waals surface area contributed by atoms with E-state index in [0.29, 0.717) is 21.4 Å². The summed E-state index contributed by atoms with van der Waals surface area (Å²) < 4.78 is 5.51. The summed E-state index contributed by atoms with van der Waals surface area (Å²) in [5, 5.41) is 9.92. The molecule has 3 nitrogen and oxygen atoms in total. The Balaban J connectivity index is 2.15. The second-order valence-corrected chi connectivity index (χ2v) is 4.64. The van der Waals surface area contributed by atoms with Crippen LogP contribution in [0.25, 0.3) is 0 Å². The van der Waals surface area contributed by atoms with Crippen molar-refractivity contribution in [3.8, 4) is 5.75 Å².